The second kappa shape index (κ2) is 8.79. The Labute approximate surface area is 121 Å². The smallest absolute Gasteiger partial charge is 0.410 e. The Morgan fingerprint density at radius 1 is 1.30 bits per heavy atom. The van der Waals surface area contributed by atoms with Crippen LogP contribution in [0.5, 0.6) is 0 Å². The fourth-order valence-electron chi connectivity index (χ4n) is 1.72. The summed E-state index contributed by atoms with van der Waals surface area (Å²) in [5.41, 5.74) is -0.478. The zero-order chi connectivity index (χ0) is 15.8. The molecule has 6 heteroatoms. The third-order valence-electron chi connectivity index (χ3n) is 2.60. The van der Waals surface area contributed by atoms with Crippen LogP contribution in [0.4, 0.5) is 4.79 Å². The maximum atomic E-state index is 11.8. The molecule has 1 amide bonds. The fourth-order valence-corrected chi connectivity index (χ4v) is 1.72. The van der Waals surface area contributed by atoms with Gasteiger partial charge in [0.1, 0.15) is 5.60 Å². The van der Waals surface area contributed by atoms with E-state index in [-0.39, 0.29) is 24.6 Å². The van der Waals surface area contributed by atoms with Gasteiger partial charge in [0, 0.05) is 19.1 Å². The minimum Gasteiger partial charge on any atom is -0.468 e. The van der Waals surface area contributed by atoms with Gasteiger partial charge in [-0.3, -0.25) is 4.79 Å². The van der Waals surface area contributed by atoms with Crippen LogP contribution >= 0.6 is 0 Å². The summed E-state index contributed by atoms with van der Waals surface area (Å²) in [5, 5.41) is 3.06. The molecule has 1 rings (SSSR count). The van der Waals surface area contributed by atoms with Gasteiger partial charge in [-0.1, -0.05) is 13.8 Å². The molecule has 1 aliphatic heterocycles. The van der Waals surface area contributed by atoms with Gasteiger partial charge in [0.25, 0.3) is 0 Å². The van der Waals surface area contributed by atoms with Crippen LogP contribution in [-0.2, 0) is 14.3 Å². The Morgan fingerprint density at radius 3 is 2.40 bits per heavy atom. The normalized spacial score (nSPS) is 18.1. The van der Waals surface area contributed by atoms with E-state index in [9.17, 15) is 9.59 Å². The number of carbonyl (C=O) groups is 2. The first-order chi connectivity index (χ1) is 9.31. The van der Waals surface area contributed by atoms with Crippen molar-refractivity contribution in [2.24, 2.45) is 0 Å². The van der Waals surface area contributed by atoms with Crippen molar-refractivity contribution < 1.29 is 19.1 Å². The highest BCUT2D eigenvalue weighted by Crippen LogP contribution is 2.15. The van der Waals surface area contributed by atoms with Crippen molar-refractivity contribution in [3.8, 4) is 0 Å². The molecule has 0 radical (unpaired) electrons. The molecule has 0 bridgehead atoms. The molecular weight excluding hydrogens is 260 g/mol. The molecule has 0 aliphatic carbocycles. The van der Waals surface area contributed by atoms with E-state index in [2.05, 4.69) is 10.1 Å². The Hall–Kier alpha value is -1.30. The van der Waals surface area contributed by atoms with Gasteiger partial charge in [0.2, 0.25) is 0 Å². The van der Waals surface area contributed by atoms with Gasteiger partial charge in [0.05, 0.1) is 13.7 Å². The highest BCUT2D eigenvalue weighted by molar-refractivity contribution is 5.71. The van der Waals surface area contributed by atoms with Gasteiger partial charge in [-0.2, -0.15) is 0 Å². The molecule has 1 unspecified atom stereocenters. The molecule has 1 aliphatic rings. The Balaban J connectivity index is 0.00000172. The number of ether oxygens (including phenoxy) is 2. The van der Waals surface area contributed by atoms with Gasteiger partial charge in [0.15, 0.2) is 0 Å². The molecule has 1 saturated heterocycles. The number of rotatable bonds is 3. The average Bonchev–Trinajstić information content (AvgIpc) is 2.85. The molecule has 1 heterocycles. The highest BCUT2D eigenvalue weighted by atomic mass is 16.6. The van der Waals surface area contributed by atoms with Crippen molar-refractivity contribution in [1.29, 1.82) is 0 Å². The van der Waals surface area contributed by atoms with E-state index in [0.717, 1.165) is 6.42 Å². The Kier molecular flexibility index (Phi) is 8.22. The van der Waals surface area contributed by atoms with E-state index < -0.39 is 5.60 Å². The van der Waals surface area contributed by atoms with Crippen LogP contribution in [0.1, 0.15) is 41.0 Å². The van der Waals surface area contributed by atoms with Crippen molar-refractivity contribution in [1.82, 2.24) is 10.2 Å². The molecule has 6 nitrogen and oxygen atoms in total. The van der Waals surface area contributed by atoms with E-state index >= 15 is 0 Å². The summed E-state index contributed by atoms with van der Waals surface area (Å²) >= 11 is 0. The van der Waals surface area contributed by atoms with Crippen molar-refractivity contribution in [3.05, 3.63) is 0 Å². The summed E-state index contributed by atoms with van der Waals surface area (Å²) in [6, 6.07) is 0.122. The summed E-state index contributed by atoms with van der Waals surface area (Å²) in [7, 11) is 1.35. The summed E-state index contributed by atoms with van der Waals surface area (Å²) < 4.78 is 9.83. The molecule has 1 atom stereocenters. The molecule has 0 aromatic carbocycles. The number of esters is 1. The van der Waals surface area contributed by atoms with Crippen LogP contribution in [0, 0.1) is 0 Å². The zero-order valence-corrected chi connectivity index (χ0v) is 13.5. The van der Waals surface area contributed by atoms with Gasteiger partial charge in [-0.25, -0.2) is 4.79 Å². The summed E-state index contributed by atoms with van der Waals surface area (Å²) in [5.74, 6) is -0.300. The third kappa shape index (κ3) is 7.33. The molecule has 0 aromatic rings. The summed E-state index contributed by atoms with van der Waals surface area (Å²) in [6.45, 7) is 10.9. The van der Waals surface area contributed by atoms with Gasteiger partial charge in [-0.15, -0.1) is 0 Å². The SMILES string of the molecule is CC.COC(=O)CNC1CCN(C(=O)OC(C)(C)C)C1. The van der Waals surface area contributed by atoms with E-state index in [1.807, 2.05) is 34.6 Å². The number of hydrogen-bond acceptors (Lipinski definition) is 5. The number of methoxy groups -OCH3 is 1. The molecule has 1 N–H and O–H groups in total. The predicted molar refractivity (Wildman–Crippen MR) is 77.6 cm³/mol. The first-order valence-electron chi connectivity index (χ1n) is 7.10. The monoisotopic (exact) mass is 288 g/mol. The number of nitrogens with zero attached hydrogens (tertiary/aromatic N) is 1. The molecule has 0 aromatic heterocycles. The Morgan fingerprint density at radius 2 is 1.90 bits per heavy atom. The predicted octanol–water partition coefficient (Wildman–Crippen LogP) is 1.78. The minimum atomic E-state index is -0.478. The first-order valence-corrected chi connectivity index (χ1v) is 7.10. The maximum absolute atomic E-state index is 11.8. The quantitative estimate of drug-likeness (QED) is 0.802. The molecule has 20 heavy (non-hydrogen) atoms. The average molecular weight is 288 g/mol. The lowest BCUT2D eigenvalue weighted by molar-refractivity contribution is -0.139. The van der Waals surface area contributed by atoms with Crippen LogP contribution in [0.15, 0.2) is 0 Å². The van der Waals surface area contributed by atoms with Crippen LogP contribution in [0.25, 0.3) is 0 Å². The van der Waals surface area contributed by atoms with Crippen LogP contribution in [0.3, 0.4) is 0 Å². The molecular formula is C14H28N2O4. The lowest BCUT2D eigenvalue weighted by Crippen LogP contribution is -2.39. The topological polar surface area (TPSA) is 67.9 Å². The second-order valence-electron chi connectivity index (χ2n) is 5.37. The van der Waals surface area contributed by atoms with Gasteiger partial charge in [-0.05, 0) is 27.2 Å². The number of likely N-dealkylation sites (tertiary alicyclic amines) is 1. The van der Waals surface area contributed by atoms with E-state index in [4.69, 9.17) is 4.74 Å². The standard InChI is InChI=1S/C12H22N2O4.C2H6/c1-12(2,3)18-11(16)14-6-5-9(8-14)13-7-10(15)17-4;1-2/h9,13H,5-8H2,1-4H3;1-2H3. The van der Waals surface area contributed by atoms with Crippen LogP contribution < -0.4 is 5.32 Å². The largest absolute Gasteiger partial charge is 0.468 e. The highest BCUT2D eigenvalue weighted by Gasteiger charge is 2.29. The molecule has 118 valence electrons. The lowest BCUT2D eigenvalue weighted by Gasteiger charge is -2.24. The molecule has 0 saturated carbocycles. The number of amides is 1. The second-order valence-corrected chi connectivity index (χ2v) is 5.37. The fraction of sp³-hybridized carbons (Fsp3) is 0.857. The maximum Gasteiger partial charge on any atom is 0.410 e. The van der Waals surface area contributed by atoms with E-state index in [1.54, 1.807) is 4.90 Å². The van der Waals surface area contributed by atoms with E-state index in [0.29, 0.717) is 13.1 Å². The van der Waals surface area contributed by atoms with Crippen molar-refractivity contribution >= 4 is 12.1 Å². The summed E-state index contributed by atoms with van der Waals surface area (Å²) in [4.78, 5) is 24.4. The van der Waals surface area contributed by atoms with Crippen molar-refractivity contribution in [2.45, 2.75) is 52.7 Å². The lowest BCUT2D eigenvalue weighted by atomic mass is 10.2. The van der Waals surface area contributed by atoms with Crippen molar-refractivity contribution in [2.75, 3.05) is 26.7 Å². The zero-order valence-electron chi connectivity index (χ0n) is 13.5. The van der Waals surface area contributed by atoms with Gasteiger partial charge >= 0.3 is 12.1 Å². The molecule has 0 spiro atoms. The van der Waals surface area contributed by atoms with Crippen LogP contribution in [0.2, 0.25) is 0 Å². The Bertz CT molecular complexity index is 313. The van der Waals surface area contributed by atoms with Crippen LogP contribution in [-0.4, -0.2) is 55.3 Å². The van der Waals surface area contributed by atoms with Crippen molar-refractivity contribution in [3.63, 3.8) is 0 Å². The van der Waals surface area contributed by atoms with E-state index in [1.165, 1.54) is 7.11 Å². The van der Waals surface area contributed by atoms with Gasteiger partial charge < -0.3 is 19.7 Å². The summed E-state index contributed by atoms with van der Waals surface area (Å²) in [6.07, 6.45) is 0.515. The minimum absolute atomic E-state index is 0.122. The molecule has 1 fully saturated rings. The number of nitrogens with one attached hydrogen (secondary N) is 1. The number of hydrogen-bond donors (Lipinski definition) is 1. The number of carbonyl (C=O) groups excluding carboxylic acids is 2. The third-order valence-corrected chi connectivity index (χ3v) is 2.60. The first kappa shape index (κ1) is 18.7.